The second-order valence-corrected chi connectivity index (χ2v) is 7.49. The van der Waals surface area contributed by atoms with E-state index in [9.17, 15) is 9.59 Å². The third kappa shape index (κ3) is 4.13. The minimum atomic E-state index is -0.754. The van der Waals surface area contributed by atoms with Crippen molar-refractivity contribution in [3.8, 4) is 5.75 Å². The van der Waals surface area contributed by atoms with Crippen molar-refractivity contribution in [3.63, 3.8) is 0 Å². The average Bonchev–Trinajstić information content (AvgIpc) is 3.05. The number of rotatable bonds is 3. The van der Waals surface area contributed by atoms with E-state index in [-0.39, 0.29) is 18.1 Å². The Labute approximate surface area is 158 Å². The second-order valence-electron chi connectivity index (χ2n) is 7.49. The van der Waals surface area contributed by atoms with Gasteiger partial charge >= 0.3 is 6.16 Å². The highest BCUT2D eigenvalue weighted by Gasteiger charge is 2.28. The summed E-state index contributed by atoms with van der Waals surface area (Å²) >= 11 is 0. The first-order valence-electron chi connectivity index (χ1n) is 9.10. The lowest BCUT2D eigenvalue weighted by atomic mass is 10.0. The minimum Gasteiger partial charge on any atom is -0.434 e. The number of benzene rings is 1. The highest BCUT2D eigenvalue weighted by Crippen LogP contribution is 2.25. The van der Waals surface area contributed by atoms with Crippen LogP contribution in [0.4, 0.5) is 4.79 Å². The van der Waals surface area contributed by atoms with Crippen LogP contribution in [-0.2, 0) is 23.2 Å². The number of ether oxygens (including phenoxy) is 2. The maximum Gasteiger partial charge on any atom is 0.513 e. The van der Waals surface area contributed by atoms with Gasteiger partial charge in [0.1, 0.15) is 5.75 Å². The van der Waals surface area contributed by atoms with Crippen LogP contribution in [0.2, 0.25) is 0 Å². The molecule has 0 fully saturated rings. The lowest BCUT2D eigenvalue weighted by Gasteiger charge is -2.30. The molecule has 3 rings (SSSR count). The van der Waals surface area contributed by atoms with Crippen LogP contribution in [0.3, 0.4) is 0 Å². The van der Waals surface area contributed by atoms with Gasteiger partial charge in [-0.3, -0.25) is 9.48 Å². The van der Waals surface area contributed by atoms with E-state index in [2.05, 4.69) is 25.9 Å². The minimum absolute atomic E-state index is 0.0492. The molecule has 2 aromatic rings. The second kappa shape index (κ2) is 7.42. The number of fused-ring (bicyclic) bond motifs is 1. The molecule has 2 heterocycles. The van der Waals surface area contributed by atoms with E-state index < -0.39 is 6.16 Å². The highest BCUT2D eigenvalue weighted by molar-refractivity contribution is 5.94. The van der Waals surface area contributed by atoms with Crippen LogP contribution in [0.1, 0.15) is 49.3 Å². The first kappa shape index (κ1) is 18.9. The molecule has 0 unspecified atom stereocenters. The van der Waals surface area contributed by atoms with Crippen molar-refractivity contribution in [2.75, 3.05) is 13.2 Å². The fraction of sp³-hybridized carbons (Fsp3) is 0.450. The standard InChI is InChI=1S/C20H25N3O4/c1-5-26-19(25)27-16-8-6-14(7-9-16)18(24)22-11-10-17-15(13-22)12-21-23(17)20(2,3)4/h6-9,12H,5,10-11,13H2,1-4H3. The van der Waals surface area contributed by atoms with Gasteiger partial charge in [0.05, 0.1) is 18.3 Å². The summed E-state index contributed by atoms with van der Waals surface area (Å²) in [5, 5.41) is 4.51. The van der Waals surface area contributed by atoms with E-state index in [0.717, 1.165) is 12.0 Å². The van der Waals surface area contributed by atoms with Crippen molar-refractivity contribution in [2.45, 2.75) is 46.2 Å². The normalized spacial score (nSPS) is 13.9. The number of hydrogen-bond acceptors (Lipinski definition) is 5. The number of carbonyl (C=O) groups excluding carboxylic acids is 2. The Morgan fingerprint density at radius 3 is 2.52 bits per heavy atom. The summed E-state index contributed by atoms with van der Waals surface area (Å²) in [6.07, 6.45) is 1.88. The molecule has 0 aliphatic carbocycles. The molecule has 7 nitrogen and oxygen atoms in total. The van der Waals surface area contributed by atoms with Crippen LogP contribution in [0.15, 0.2) is 30.5 Å². The van der Waals surface area contributed by atoms with Gasteiger partial charge < -0.3 is 14.4 Å². The molecule has 0 atom stereocenters. The molecule has 27 heavy (non-hydrogen) atoms. The van der Waals surface area contributed by atoms with Crippen LogP contribution < -0.4 is 4.74 Å². The smallest absolute Gasteiger partial charge is 0.434 e. The monoisotopic (exact) mass is 371 g/mol. The molecule has 0 saturated carbocycles. The number of amides is 1. The van der Waals surface area contributed by atoms with Crippen molar-refractivity contribution >= 4 is 12.1 Å². The Morgan fingerprint density at radius 2 is 1.89 bits per heavy atom. The van der Waals surface area contributed by atoms with Gasteiger partial charge in [-0.1, -0.05) is 0 Å². The van der Waals surface area contributed by atoms with Crippen molar-refractivity contribution < 1.29 is 19.1 Å². The maximum absolute atomic E-state index is 12.8. The van der Waals surface area contributed by atoms with Gasteiger partial charge in [0.2, 0.25) is 0 Å². The Bertz CT molecular complexity index is 834. The van der Waals surface area contributed by atoms with Gasteiger partial charge in [-0.15, -0.1) is 0 Å². The van der Waals surface area contributed by atoms with Crippen LogP contribution in [-0.4, -0.2) is 39.9 Å². The summed E-state index contributed by atoms with van der Waals surface area (Å²) in [6.45, 7) is 9.52. The number of carbonyl (C=O) groups is 2. The van der Waals surface area contributed by atoms with E-state index in [1.54, 1.807) is 31.2 Å². The highest BCUT2D eigenvalue weighted by atomic mass is 16.7. The van der Waals surface area contributed by atoms with E-state index in [1.165, 1.54) is 5.69 Å². The largest absolute Gasteiger partial charge is 0.513 e. The van der Waals surface area contributed by atoms with Gasteiger partial charge in [-0.2, -0.15) is 5.10 Å². The SMILES string of the molecule is CCOC(=O)Oc1ccc(C(=O)N2CCc3c(cnn3C(C)(C)C)C2)cc1. The summed E-state index contributed by atoms with van der Waals surface area (Å²) in [5.74, 6) is 0.296. The van der Waals surface area contributed by atoms with E-state index in [4.69, 9.17) is 9.47 Å². The molecule has 144 valence electrons. The van der Waals surface area contributed by atoms with E-state index in [0.29, 0.717) is 24.4 Å². The van der Waals surface area contributed by atoms with Gasteiger partial charge in [0.25, 0.3) is 5.91 Å². The van der Waals surface area contributed by atoms with Crippen LogP contribution in [0, 0.1) is 0 Å². The van der Waals surface area contributed by atoms with Crippen LogP contribution in [0.25, 0.3) is 0 Å². The summed E-state index contributed by atoms with van der Waals surface area (Å²) in [6, 6.07) is 6.50. The number of nitrogens with zero attached hydrogens (tertiary/aromatic N) is 3. The molecule has 1 aromatic carbocycles. The number of hydrogen-bond donors (Lipinski definition) is 0. The van der Waals surface area contributed by atoms with Gasteiger partial charge in [-0.05, 0) is 52.0 Å². The van der Waals surface area contributed by atoms with Crippen LogP contribution >= 0.6 is 0 Å². The fourth-order valence-electron chi connectivity index (χ4n) is 3.17. The molecule has 1 aromatic heterocycles. The Hall–Kier alpha value is -2.83. The predicted molar refractivity (Wildman–Crippen MR) is 99.8 cm³/mol. The third-order valence-corrected chi connectivity index (χ3v) is 4.42. The summed E-state index contributed by atoms with van der Waals surface area (Å²) in [7, 11) is 0. The molecule has 0 spiro atoms. The van der Waals surface area contributed by atoms with Crippen LogP contribution in [0.5, 0.6) is 5.75 Å². The third-order valence-electron chi connectivity index (χ3n) is 4.42. The summed E-state index contributed by atoms with van der Waals surface area (Å²) < 4.78 is 11.8. The molecule has 0 saturated heterocycles. The topological polar surface area (TPSA) is 73.7 Å². The Kier molecular flexibility index (Phi) is 5.21. The molecule has 0 bridgehead atoms. The van der Waals surface area contributed by atoms with Crippen molar-refractivity contribution in [1.29, 1.82) is 0 Å². The molecule has 0 radical (unpaired) electrons. The molecule has 1 aliphatic rings. The lowest BCUT2D eigenvalue weighted by Crippen LogP contribution is -2.37. The molecule has 1 aliphatic heterocycles. The van der Waals surface area contributed by atoms with Gasteiger partial charge in [-0.25, -0.2) is 4.79 Å². The zero-order valence-electron chi connectivity index (χ0n) is 16.2. The summed E-state index contributed by atoms with van der Waals surface area (Å²) in [4.78, 5) is 26.0. The molecule has 0 N–H and O–H groups in total. The first-order chi connectivity index (χ1) is 12.8. The number of aromatic nitrogens is 2. The zero-order chi connectivity index (χ0) is 19.6. The molecule has 1 amide bonds. The molecular formula is C20H25N3O4. The molecule has 7 heteroatoms. The van der Waals surface area contributed by atoms with Crippen molar-refractivity contribution in [1.82, 2.24) is 14.7 Å². The van der Waals surface area contributed by atoms with Crippen molar-refractivity contribution in [3.05, 3.63) is 47.3 Å². The summed E-state index contributed by atoms with van der Waals surface area (Å²) in [5.41, 5.74) is 2.77. The average molecular weight is 371 g/mol. The van der Waals surface area contributed by atoms with Crippen molar-refractivity contribution in [2.24, 2.45) is 0 Å². The molecular weight excluding hydrogens is 346 g/mol. The lowest BCUT2D eigenvalue weighted by molar-refractivity contribution is 0.0732. The first-order valence-corrected chi connectivity index (χ1v) is 9.10. The quantitative estimate of drug-likeness (QED) is 0.611. The fourth-order valence-corrected chi connectivity index (χ4v) is 3.17. The zero-order valence-corrected chi connectivity index (χ0v) is 16.2. The maximum atomic E-state index is 12.8. The predicted octanol–water partition coefficient (Wildman–Crippen LogP) is 3.37. The van der Waals surface area contributed by atoms with Gasteiger partial charge in [0, 0.05) is 36.3 Å². The Morgan fingerprint density at radius 1 is 1.19 bits per heavy atom. The van der Waals surface area contributed by atoms with E-state index >= 15 is 0 Å². The van der Waals surface area contributed by atoms with E-state index in [1.807, 2.05) is 15.8 Å². The Balaban J connectivity index is 1.68. The van der Waals surface area contributed by atoms with Gasteiger partial charge in [0.15, 0.2) is 0 Å².